The molecule has 3 rings (SSSR count). The van der Waals surface area contributed by atoms with E-state index in [1.165, 1.54) is 0 Å². The summed E-state index contributed by atoms with van der Waals surface area (Å²) in [5.41, 5.74) is 1.33. The topological polar surface area (TPSA) is 45.2 Å². The zero-order valence-corrected chi connectivity index (χ0v) is 12.7. The average molecular weight is 304 g/mol. The molecule has 0 spiro atoms. The molecule has 1 aromatic carbocycles. The monoisotopic (exact) mass is 303 g/mol. The lowest BCUT2D eigenvalue weighted by Crippen LogP contribution is -2.30. The molecule has 2 heterocycles. The first-order chi connectivity index (χ1) is 10.2. The van der Waals surface area contributed by atoms with E-state index in [0.717, 1.165) is 37.0 Å². The zero-order chi connectivity index (χ0) is 14.8. The number of pyridine rings is 1. The van der Waals surface area contributed by atoms with Crippen molar-refractivity contribution in [1.29, 1.82) is 0 Å². The first-order valence-electron chi connectivity index (χ1n) is 7.17. The summed E-state index contributed by atoms with van der Waals surface area (Å²) in [5, 5.41) is 4.65. The summed E-state index contributed by atoms with van der Waals surface area (Å²) in [6.45, 7) is 2.53. The molecule has 0 unspecified atom stereocenters. The summed E-state index contributed by atoms with van der Waals surface area (Å²) >= 11 is 6.14. The summed E-state index contributed by atoms with van der Waals surface area (Å²) < 4.78 is 0. The molecule has 5 heteroatoms. The maximum atomic E-state index is 12.8. The number of nitrogens with one attached hydrogen (secondary N) is 1. The van der Waals surface area contributed by atoms with Gasteiger partial charge in [0.25, 0.3) is 5.91 Å². The van der Waals surface area contributed by atoms with Gasteiger partial charge >= 0.3 is 0 Å². The third-order valence-corrected chi connectivity index (χ3v) is 4.18. The molecule has 21 heavy (non-hydrogen) atoms. The molecule has 1 amide bonds. The van der Waals surface area contributed by atoms with E-state index in [9.17, 15) is 4.79 Å². The largest absolute Gasteiger partial charge is 0.338 e. The number of hydrogen-bond acceptors (Lipinski definition) is 3. The van der Waals surface area contributed by atoms with Gasteiger partial charge in [0.05, 0.1) is 11.1 Å². The highest BCUT2D eigenvalue weighted by molar-refractivity contribution is 6.32. The fourth-order valence-electron chi connectivity index (χ4n) is 2.96. The summed E-state index contributed by atoms with van der Waals surface area (Å²) in [6, 6.07) is 7.35. The van der Waals surface area contributed by atoms with Gasteiger partial charge in [0, 0.05) is 29.7 Å². The molecule has 1 aliphatic rings. The molecular weight excluding hydrogens is 286 g/mol. The van der Waals surface area contributed by atoms with E-state index in [2.05, 4.69) is 10.3 Å². The Kier molecular flexibility index (Phi) is 4.08. The van der Waals surface area contributed by atoms with Crippen molar-refractivity contribution in [2.45, 2.75) is 6.42 Å². The number of hydrogen-bond donors (Lipinski definition) is 1. The van der Waals surface area contributed by atoms with Crippen LogP contribution in [-0.2, 0) is 0 Å². The van der Waals surface area contributed by atoms with Crippen molar-refractivity contribution >= 4 is 28.4 Å². The SMILES string of the molecule is CNC[C@@H]1CCN(C(=O)c2cc(Cl)cc3cccnc23)C1. The summed E-state index contributed by atoms with van der Waals surface area (Å²) in [7, 11) is 1.94. The minimum Gasteiger partial charge on any atom is -0.338 e. The number of benzene rings is 1. The predicted octanol–water partition coefficient (Wildman–Crippen LogP) is 2.57. The number of nitrogens with zero attached hydrogens (tertiary/aromatic N) is 2. The van der Waals surface area contributed by atoms with Crippen LogP contribution in [-0.4, -0.2) is 42.5 Å². The van der Waals surface area contributed by atoms with Crippen molar-refractivity contribution in [3.8, 4) is 0 Å². The average Bonchev–Trinajstić information content (AvgIpc) is 2.94. The van der Waals surface area contributed by atoms with Crippen molar-refractivity contribution in [2.24, 2.45) is 5.92 Å². The Morgan fingerprint density at radius 2 is 2.38 bits per heavy atom. The summed E-state index contributed by atoms with van der Waals surface area (Å²) in [5.74, 6) is 0.553. The van der Waals surface area contributed by atoms with Crippen LogP contribution < -0.4 is 5.32 Å². The lowest BCUT2D eigenvalue weighted by atomic mass is 10.1. The van der Waals surface area contributed by atoms with E-state index >= 15 is 0 Å². The van der Waals surface area contributed by atoms with Gasteiger partial charge in [0.1, 0.15) is 0 Å². The first-order valence-corrected chi connectivity index (χ1v) is 7.55. The minimum atomic E-state index is 0.0276. The standard InChI is InChI=1S/C16H18ClN3O/c1-18-9-11-4-6-20(10-11)16(21)14-8-13(17)7-12-3-2-5-19-15(12)14/h2-3,5,7-8,11,18H,4,6,9-10H2,1H3/t11-/m0/s1. The van der Waals surface area contributed by atoms with Gasteiger partial charge in [-0.1, -0.05) is 17.7 Å². The smallest absolute Gasteiger partial charge is 0.256 e. The van der Waals surface area contributed by atoms with Gasteiger partial charge in [0.15, 0.2) is 0 Å². The normalized spacial score (nSPS) is 18.4. The Bertz CT molecular complexity index is 674. The Labute approximate surface area is 129 Å². The molecule has 110 valence electrons. The van der Waals surface area contributed by atoms with Crippen molar-refractivity contribution in [2.75, 3.05) is 26.7 Å². The van der Waals surface area contributed by atoms with Crippen molar-refractivity contribution < 1.29 is 4.79 Å². The van der Waals surface area contributed by atoms with Crippen LogP contribution >= 0.6 is 11.6 Å². The Balaban J connectivity index is 1.92. The van der Waals surface area contributed by atoms with Gasteiger partial charge in [-0.3, -0.25) is 9.78 Å². The number of aromatic nitrogens is 1. The quantitative estimate of drug-likeness (QED) is 0.948. The van der Waals surface area contributed by atoms with Gasteiger partial charge in [0.2, 0.25) is 0 Å². The maximum absolute atomic E-state index is 12.8. The number of amides is 1. The van der Waals surface area contributed by atoms with Crippen LogP contribution in [0.15, 0.2) is 30.5 Å². The van der Waals surface area contributed by atoms with E-state index in [-0.39, 0.29) is 5.91 Å². The summed E-state index contributed by atoms with van der Waals surface area (Å²) in [4.78, 5) is 19.0. The van der Waals surface area contributed by atoms with Crippen LogP contribution in [0, 0.1) is 5.92 Å². The molecule has 0 radical (unpaired) electrons. The third-order valence-electron chi connectivity index (χ3n) is 3.97. The second kappa shape index (κ2) is 6.00. The molecule has 1 N–H and O–H groups in total. The molecular formula is C16H18ClN3O. The van der Waals surface area contributed by atoms with Gasteiger partial charge in [-0.2, -0.15) is 0 Å². The van der Waals surface area contributed by atoms with Crippen LogP contribution in [0.4, 0.5) is 0 Å². The van der Waals surface area contributed by atoms with Crippen molar-refractivity contribution in [3.63, 3.8) is 0 Å². The molecule has 1 atom stereocenters. The maximum Gasteiger partial charge on any atom is 0.256 e. The van der Waals surface area contributed by atoms with E-state index in [4.69, 9.17) is 11.6 Å². The van der Waals surface area contributed by atoms with E-state index in [0.29, 0.717) is 16.5 Å². The van der Waals surface area contributed by atoms with Crippen molar-refractivity contribution in [1.82, 2.24) is 15.2 Å². The molecule has 1 saturated heterocycles. The number of rotatable bonds is 3. The minimum absolute atomic E-state index is 0.0276. The first kappa shape index (κ1) is 14.3. The molecule has 1 fully saturated rings. The van der Waals surface area contributed by atoms with Crippen LogP contribution in [0.1, 0.15) is 16.8 Å². The number of halogens is 1. The zero-order valence-electron chi connectivity index (χ0n) is 12.0. The fourth-order valence-corrected chi connectivity index (χ4v) is 3.19. The number of fused-ring (bicyclic) bond motifs is 1. The molecule has 4 nitrogen and oxygen atoms in total. The second-order valence-corrected chi connectivity index (χ2v) is 5.93. The molecule has 1 aliphatic heterocycles. The highest BCUT2D eigenvalue weighted by Gasteiger charge is 2.27. The fraction of sp³-hybridized carbons (Fsp3) is 0.375. The van der Waals surface area contributed by atoms with E-state index in [1.54, 1.807) is 12.3 Å². The third kappa shape index (κ3) is 2.87. The molecule has 0 aliphatic carbocycles. The van der Waals surface area contributed by atoms with Crippen molar-refractivity contribution in [3.05, 3.63) is 41.0 Å². The predicted molar refractivity (Wildman–Crippen MR) is 84.7 cm³/mol. The van der Waals surface area contributed by atoms with Gasteiger partial charge < -0.3 is 10.2 Å². The Morgan fingerprint density at radius 1 is 1.52 bits per heavy atom. The van der Waals surface area contributed by atoms with Gasteiger partial charge in [-0.15, -0.1) is 0 Å². The number of likely N-dealkylation sites (tertiary alicyclic amines) is 1. The summed E-state index contributed by atoms with van der Waals surface area (Å²) in [6.07, 6.45) is 2.75. The lowest BCUT2D eigenvalue weighted by molar-refractivity contribution is 0.0789. The molecule has 0 saturated carbocycles. The Hall–Kier alpha value is -1.65. The Morgan fingerprint density at radius 3 is 3.19 bits per heavy atom. The molecule has 1 aromatic heterocycles. The van der Waals surface area contributed by atoms with Gasteiger partial charge in [-0.25, -0.2) is 0 Å². The van der Waals surface area contributed by atoms with E-state index in [1.807, 2.05) is 30.1 Å². The second-order valence-electron chi connectivity index (χ2n) is 5.49. The van der Waals surface area contributed by atoms with Crippen LogP contribution in [0.25, 0.3) is 10.9 Å². The molecule has 0 bridgehead atoms. The highest BCUT2D eigenvalue weighted by Crippen LogP contribution is 2.25. The number of carbonyl (C=O) groups is 1. The van der Waals surface area contributed by atoms with Crippen LogP contribution in [0.2, 0.25) is 5.02 Å². The number of carbonyl (C=O) groups excluding carboxylic acids is 1. The van der Waals surface area contributed by atoms with E-state index < -0.39 is 0 Å². The van der Waals surface area contributed by atoms with Crippen LogP contribution in [0.5, 0.6) is 0 Å². The lowest BCUT2D eigenvalue weighted by Gasteiger charge is -2.17. The van der Waals surface area contributed by atoms with Crippen LogP contribution in [0.3, 0.4) is 0 Å². The van der Waals surface area contributed by atoms with Gasteiger partial charge in [-0.05, 0) is 44.1 Å². The highest BCUT2D eigenvalue weighted by atomic mass is 35.5. The molecule has 2 aromatic rings.